The first-order valence-electron chi connectivity index (χ1n) is 6.67. The summed E-state index contributed by atoms with van der Waals surface area (Å²) in [4.78, 5) is -0.172. The summed E-state index contributed by atoms with van der Waals surface area (Å²) in [7, 11) is -3.74. The van der Waals surface area contributed by atoms with Crippen molar-refractivity contribution in [3.8, 4) is 5.75 Å². The number of piperidine rings is 2. The molecule has 0 spiro atoms. The van der Waals surface area contributed by atoms with Gasteiger partial charge in [-0.15, -0.1) is 0 Å². The van der Waals surface area contributed by atoms with Crippen LogP contribution in [0.25, 0.3) is 0 Å². The molecule has 2 heterocycles. The van der Waals surface area contributed by atoms with Crippen LogP contribution in [-0.2, 0) is 10.0 Å². The highest BCUT2D eigenvalue weighted by molar-refractivity contribution is 7.89. The molecule has 7 heteroatoms. The van der Waals surface area contributed by atoms with Crippen molar-refractivity contribution in [2.45, 2.75) is 11.3 Å². The van der Waals surface area contributed by atoms with Crippen LogP contribution in [0.2, 0.25) is 5.02 Å². The Bertz CT molecular complexity index is 588. The maximum Gasteiger partial charge on any atom is 0.248 e. The number of phenols is 1. The topological polar surface area (TPSA) is 69.6 Å². The van der Waals surface area contributed by atoms with E-state index in [2.05, 4.69) is 5.32 Å². The van der Waals surface area contributed by atoms with Crippen LogP contribution in [0.3, 0.4) is 0 Å². The molecule has 0 radical (unpaired) electrons. The molecule has 2 N–H and O–H groups in total. The Morgan fingerprint density at radius 2 is 1.90 bits per heavy atom. The van der Waals surface area contributed by atoms with E-state index in [1.54, 1.807) is 0 Å². The molecule has 2 fully saturated rings. The van der Waals surface area contributed by atoms with Crippen LogP contribution in [0.1, 0.15) is 6.42 Å². The Balaban J connectivity index is 1.96. The van der Waals surface area contributed by atoms with Gasteiger partial charge in [0, 0.05) is 13.1 Å². The highest BCUT2D eigenvalue weighted by Gasteiger charge is 2.38. The summed E-state index contributed by atoms with van der Waals surface area (Å²) in [5.41, 5.74) is 0. The maximum atomic E-state index is 12.7. The summed E-state index contributed by atoms with van der Waals surface area (Å²) < 4.78 is 26.9. The third-order valence-corrected chi connectivity index (χ3v) is 6.35. The van der Waals surface area contributed by atoms with E-state index in [-0.39, 0.29) is 15.7 Å². The number of sulfonamides is 1. The largest absolute Gasteiger partial charge is 0.506 e. The second-order valence-corrected chi connectivity index (χ2v) is 7.82. The molecule has 2 bridgehead atoms. The SMILES string of the molecule is O=S(=O)(c1c(O)cccc1Cl)N1C[C@@H]2CNC[C@H](C2)C1. The Labute approximate surface area is 123 Å². The van der Waals surface area contributed by atoms with Crippen LogP contribution in [0.5, 0.6) is 5.75 Å². The molecule has 0 aliphatic carbocycles. The van der Waals surface area contributed by atoms with Gasteiger partial charge in [0.1, 0.15) is 10.6 Å². The van der Waals surface area contributed by atoms with Gasteiger partial charge in [-0.3, -0.25) is 0 Å². The zero-order valence-electron chi connectivity index (χ0n) is 10.9. The van der Waals surface area contributed by atoms with Crippen LogP contribution in [0.15, 0.2) is 23.1 Å². The normalized spacial score (nSPS) is 27.4. The molecule has 2 aliphatic rings. The van der Waals surface area contributed by atoms with Crippen molar-refractivity contribution in [3.05, 3.63) is 23.2 Å². The molecule has 2 saturated heterocycles. The summed E-state index contributed by atoms with van der Waals surface area (Å²) in [6.45, 7) is 2.65. The predicted molar refractivity (Wildman–Crippen MR) is 76.3 cm³/mol. The average Bonchev–Trinajstić information content (AvgIpc) is 2.37. The molecular formula is C13H17ClN2O3S. The van der Waals surface area contributed by atoms with Gasteiger partial charge in [-0.2, -0.15) is 4.31 Å². The first-order chi connectivity index (χ1) is 9.48. The van der Waals surface area contributed by atoms with Gasteiger partial charge in [0.05, 0.1) is 5.02 Å². The molecule has 20 heavy (non-hydrogen) atoms. The molecule has 2 aliphatic heterocycles. The highest BCUT2D eigenvalue weighted by atomic mass is 35.5. The number of fused-ring (bicyclic) bond motifs is 2. The number of hydrogen-bond donors (Lipinski definition) is 2. The lowest BCUT2D eigenvalue weighted by Gasteiger charge is -2.40. The minimum absolute atomic E-state index is 0.0684. The Hall–Kier alpha value is -0.820. The molecule has 1 aromatic carbocycles. The minimum atomic E-state index is -3.74. The van der Waals surface area contributed by atoms with Gasteiger partial charge >= 0.3 is 0 Å². The highest BCUT2D eigenvalue weighted by Crippen LogP contribution is 2.35. The van der Waals surface area contributed by atoms with E-state index < -0.39 is 10.0 Å². The van der Waals surface area contributed by atoms with Crippen LogP contribution < -0.4 is 5.32 Å². The summed E-state index contributed by atoms with van der Waals surface area (Å²) in [6.07, 6.45) is 1.06. The first-order valence-corrected chi connectivity index (χ1v) is 8.48. The molecule has 0 amide bonds. The Kier molecular flexibility index (Phi) is 3.66. The molecule has 3 rings (SSSR count). The van der Waals surface area contributed by atoms with Crippen molar-refractivity contribution in [3.63, 3.8) is 0 Å². The molecular weight excluding hydrogens is 300 g/mol. The fraction of sp³-hybridized carbons (Fsp3) is 0.538. The summed E-state index contributed by atoms with van der Waals surface area (Å²) >= 11 is 5.98. The van der Waals surface area contributed by atoms with E-state index in [0.29, 0.717) is 24.9 Å². The number of hydrogen-bond acceptors (Lipinski definition) is 4. The maximum absolute atomic E-state index is 12.7. The van der Waals surface area contributed by atoms with Crippen LogP contribution in [0, 0.1) is 11.8 Å². The quantitative estimate of drug-likeness (QED) is 0.862. The number of aromatic hydroxyl groups is 1. The van der Waals surface area contributed by atoms with Gasteiger partial charge in [0.15, 0.2) is 0 Å². The van der Waals surface area contributed by atoms with Crippen LogP contribution >= 0.6 is 11.6 Å². The molecule has 0 saturated carbocycles. The van der Waals surface area contributed by atoms with E-state index >= 15 is 0 Å². The summed E-state index contributed by atoms with van der Waals surface area (Å²) in [5, 5.41) is 13.3. The van der Waals surface area contributed by atoms with E-state index in [4.69, 9.17) is 11.6 Å². The van der Waals surface area contributed by atoms with Gasteiger partial charge in [0.2, 0.25) is 10.0 Å². The average molecular weight is 317 g/mol. The van der Waals surface area contributed by atoms with Crippen molar-refractivity contribution >= 4 is 21.6 Å². The first kappa shape index (κ1) is 14.1. The summed E-state index contributed by atoms with van der Waals surface area (Å²) in [6, 6.07) is 4.37. The van der Waals surface area contributed by atoms with E-state index in [1.165, 1.54) is 22.5 Å². The smallest absolute Gasteiger partial charge is 0.248 e. The van der Waals surface area contributed by atoms with Crippen molar-refractivity contribution in [2.75, 3.05) is 26.2 Å². The van der Waals surface area contributed by atoms with Crippen LogP contribution in [-0.4, -0.2) is 44.0 Å². The van der Waals surface area contributed by atoms with E-state index in [9.17, 15) is 13.5 Å². The lowest BCUT2D eigenvalue weighted by molar-refractivity contribution is 0.158. The van der Waals surface area contributed by atoms with E-state index in [0.717, 1.165) is 19.5 Å². The fourth-order valence-corrected chi connectivity index (χ4v) is 5.32. The van der Waals surface area contributed by atoms with Crippen molar-refractivity contribution in [1.82, 2.24) is 9.62 Å². The van der Waals surface area contributed by atoms with Gasteiger partial charge in [-0.1, -0.05) is 17.7 Å². The molecule has 110 valence electrons. The third-order valence-electron chi connectivity index (χ3n) is 4.00. The van der Waals surface area contributed by atoms with Crippen molar-refractivity contribution in [1.29, 1.82) is 0 Å². The van der Waals surface area contributed by atoms with Gasteiger partial charge in [-0.25, -0.2) is 8.42 Å². The van der Waals surface area contributed by atoms with Gasteiger partial charge in [0.25, 0.3) is 0 Å². The molecule has 0 unspecified atom stereocenters. The number of rotatable bonds is 2. The van der Waals surface area contributed by atoms with Crippen molar-refractivity contribution in [2.24, 2.45) is 11.8 Å². The zero-order valence-corrected chi connectivity index (χ0v) is 12.5. The second-order valence-electron chi connectivity index (χ2n) is 5.54. The van der Waals surface area contributed by atoms with Gasteiger partial charge < -0.3 is 10.4 Å². The number of benzene rings is 1. The number of nitrogens with one attached hydrogen (secondary N) is 1. The van der Waals surface area contributed by atoms with Crippen LogP contribution in [0.4, 0.5) is 0 Å². The summed E-state index contributed by atoms with van der Waals surface area (Å²) in [5.74, 6) is 0.384. The Morgan fingerprint density at radius 3 is 2.50 bits per heavy atom. The van der Waals surface area contributed by atoms with Gasteiger partial charge in [-0.05, 0) is 43.5 Å². The lowest BCUT2D eigenvalue weighted by atomic mass is 9.87. The monoisotopic (exact) mass is 316 g/mol. The molecule has 0 aromatic heterocycles. The predicted octanol–water partition coefficient (Wildman–Crippen LogP) is 1.28. The lowest BCUT2D eigenvalue weighted by Crippen LogP contribution is -2.52. The molecule has 2 atom stereocenters. The molecule has 1 aromatic rings. The Morgan fingerprint density at radius 1 is 1.25 bits per heavy atom. The standard InChI is InChI=1S/C13H17ClN2O3S/c14-11-2-1-3-12(17)13(11)20(18,19)16-7-9-4-10(8-16)6-15-5-9/h1-3,9-10,15,17H,4-8H2/t9-,10-/m0/s1. The fourth-order valence-electron chi connectivity index (χ4n) is 3.14. The second kappa shape index (κ2) is 5.18. The number of halogens is 1. The molecule has 5 nitrogen and oxygen atoms in total. The van der Waals surface area contributed by atoms with Crippen molar-refractivity contribution < 1.29 is 13.5 Å². The number of phenolic OH excluding ortho intramolecular Hbond substituents is 1. The number of nitrogens with zero attached hydrogens (tertiary/aromatic N) is 1. The van der Waals surface area contributed by atoms with E-state index in [1.807, 2.05) is 0 Å². The third kappa shape index (κ3) is 2.41. The zero-order chi connectivity index (χ0) is 14.3. The minimum Gasteiger partial charge on any atom is -0.506 e.